The van der Waals surface area contributed by atoms with E-state index in [2.05, 4.69) is 16.0 Å². The van der Waals surface area contributed by atoms with Gasteiger partial charge in [-0.3, -0.25) is 4.79 Å². The van der Waals surface area contributed by atoms with E-state index in [1.807, 2.05) is 6.07 Å². The van der Waals surface area contributed by atoms with Gasteiger partial charge in [-0.05, 0) is 55.3 Å². The van der Waals surface area contributed by atoms with Gasteiger partial charge in [-0.1, -0.05) is 18.9 Å². The summed E-state index contributed by atoms with van der Waals surface area (Å²) in [6, 6.07) is 3.91. The molecular formula is C18H24FN3O. The van der Waals surface area contributed by atoms with Gasteiger partial charge in [0.1, 0.15) is 5.82 Å². The zero-order valence-electron chi connectivity index (χ0n) is 13.3. The van der Waals surface area contributed by atoms with Crippen molar-refractivity contribution in [3.8, 4) is 0 Å². The van der Waals surface area contributed by atoms with Crippen molar-refractivity contribution in [2.75, 3.05) is 11.9 Å². The first kappa shape index (κ1) is 15.1. The Bertz CT molecular complexity index is 605. The number of rotatable bonds is 2. The molecule has 124 valence electrons. The van der Waals surface area contributed by atoms with Gasteiger partial charge in [0.05, 0.1) is 11.7 Å². The van der Waals surface area contributed by atoms with Gasteiger partial charge < -0.3 is 16.0 Å². The summed E-state index contributed by atoms with van der Waals surface area (Å²) in [5.74, 6) is 0.263. The molecular weight excluding hydrogens is 293 g/mol. The Balaban J connectivity index is 1.47. The van der Waals surface area contributed by atoms with Gasteiger partial charge in [-0.25, -0.2) is 4.39 Å². The summed E-state index contributed by atoms with van der Waals surface area (Å²) < 4.78 is 14.6. The van der Waals surface area contributed by atoms with Crippen LogP contribution in [0.25, 0.3) is 0 Å². The molecule has 3 atom stereocenters. The Morgan fingerprint density at radius 2 is 2.13 bits per heavy atom. The Morgan fingerprint density at radius 3 is 3.00 bits per heavy atom. The maximum absolute atomic E-state index is 14.6. The highest BCUT2D eigenvalue weighted by atomic mass is 19.1. The summed E-state index contributed by atoms with van der Waals surface area (Å²) in [6.45, 7) is 1.49. The first-order valence-electron chi connectivity index (χ1n) is 8.80. The lowest BCUT2D eigenvalue weighted by atomic mass is 9.85. The van der Waals surface area contributed by atoms with E-state index < -0.39 is 0 Å². The van der Waals surface area contributed by atoms with E-state index in [0.29, 0.717) is 30.6 Å². The van der Waals surface area contributed by atoms with E-state index in [4.69, 9.17) is 0 Å². The standard InChI is InChI=1S/C18H24FN3O/c19-17-13-7-8-20-10-12(13)5-6-15(17)22-18(23)16-9-11-3-1-2-4-14(11)21-16/h5-6,11,14,16,20-21H,1-4,7-10H2,(H,22,23). The predicted octanol–water partition coefficient (Wildman–Crippen LogP) is 2.33. The molecule has 2 fully saturated rings. The van der Waals surface area contributed by atoms with Crippen LogP contribution in [0.2, 0.25) is 0 Å². The molecule has 3 N–H and O–H groups in total. The summed E-state index contributed by atoms with van der Waals surface area (Å²) in [6.07, 6.45) is 6.45. The molecule has 0 bridgehead atoms. The van der Waals surface area contributed by atoms with Gasteiger partial charge in [0.2, 0.25) is 5.91 Å². The lowest BCUT2D eigenvalue weighted by Crippen LogP contribution is -2.40. The van der Waals surface area contributed by atoms with Gasteiger partial charge in [0.25, 0.3) is 0 Å². The minimum atomic E-state index is -0.257. The molecule has 0 aromatic heterocycles. The van der Waals surface area contributed by atoms with Crippen molar-refractivity contribution in [1.29, 1.82) is 0 Å². The molecule has 3 aliphatic rings. The Kier molecular flexibility index (Phi) is 4.07. The molecule has 2 aliphatic heterocycles. The number of fused-ring (bicyclic) bond motifs is 2. The summed E-state index contributed by atoms with van der Waals surface area (Å²) in [4.78, 5) is 12.5. The van der Waals surface area contributed by atoms with Crippen LogP contribution in [0.3, 0.4) is 0 Å². The van der Waals surface area contributed by atoms with Crippen LogP contribution >= 0.6 is 0 Å². The molecule has 2 heterocycles. The molecule has 1 saturated heterocycles. The third-order valence-corrected chi connectivity index (χ3v) is 5.64. The summed E-state index contributed by atoms with van der Waals surface area (Å²) in [7, 11) is 0. The highest BCUT2D eigenvalue weighted by molar-refractivity contribution is 5.95. The molecule has 1 aromatic carbocycles. The number of anilines is 1. The zero-order chi connectivity index (χ0) is 15.8. The largest absolute Gasteiger partial charge is 0.322 e. The number of carbonyl (C=O) groups is 1. The van der Waals surface area contributed by atoms with Gasteiger partial charge in [-0.15, -0.1) is 0 Å². The Hall–Kier alpha value is -1.46. The number of hydrogen-bond acceptors (Lipinski definition) is 3. The Labute approximate surface area is 136 Å². The van der Waals surface area contributed by atoms with Crippen molar-refractivity contribution >= 4 is 11.6 Å². The molecule has 4 rings (SSSR count). The van der Waals surface area contributed by atoms with E-state index in [9.17, 15) is 9.18 Å². The normalized spacial score (nSPS) is 29.7. The molecule has 0 spiro atoms. The van der Waals surface area contributed by atoms with E-state index in [-0.39, 0.29) is 17.8 Å². The first-order valence-corrected chi connectivity index (χ1v) is 8.80. The summed E-state index contributed by atoms with van der Waals surface area (Å²) in [5, 5.41) is 9.50. The molecule has 0 radical (unpaired) electrons. The number of nitrogens with one attached hydrogen (secondary N) is 3. The number of halogens is 1. The minimum absolute atomic E-state index is 0.0906. The molecule has 4 nitrogen and oxygen atoms in total. The third-order valence-electron chi connectivity index (χ3n) is 5.64. The number of benzene rings is 1. The van der Waals surface area contributed by atoms with Crippen molar-refractivity contribution in [2.24, 2.45) is 5.92 Å². The SMILES string of the molecule is O=C(Nc1ccc2c(c1F)CCNC2)C1CC2CCCCC2N1. The van der Waals surface area contributed by atoms with Crippen molar-refractivity contribution < 1.29 is 9.18 Å². The number of amides is 1. The highest BCUT2D eigenvalue weighted by Gasteiger charge is 2.38. The molecule has 23 heavy (non-hydrogen) atoms. The van der Waals surface area contributed by atoms with Crippen molar-refractivity contribution in [2.45, 2.75) is 57.2 Å². The van der Waals surface area contributed by atoms with Crippen LogP contribution in [0.4, 0.5) is 10.1 Å². The van der Waals surface area contributed by atoms with Crippen LogP contribution in [-0.4, -0.2) is 24.5 Å². The van der Waals surface area contributed by atoms with Gasteiger partial charge in [-0.2, -0.15) is 0 Å². The smallest absolute Gasteiger partial charge is 0.241 e. The van der Waals surface area contributed by atoms with Crippen molar-refractivity contribution in [3.63, 3.8) is 0 Å². The molecule has 1 aliphatic carbocycles. The van der Waals surface area contributed by atoms with Crippen LogP contribution in [-0.2, 0) is 17.8 Å². The fourth-order valence-corrected chi connectivity index (χ4v) is 4.37. The molecule has 1 saturated carbocycles. The molecule has 1 aromatic rings. The zero-order valence-corrected chi connectivity index (χ0v) is 13.3. The average molecular weight is 317 g/mol. The summed E-state index contributed by atoms with van der Waals surface area (Å²) >= 11 is 0. The fraction of sp³-hybridized carbons (Fsp3) is 0.611. The van der Waals surface area contributed by atoms with E-state index in [1.165, 1.54) is 19.3 Å². The quantitative estimate of drug-likeness (QED) is 0.785. The third kappa shape index (κ3) is 2.88. The van der Waals surface area contributed by atoms with Crippen LogP contribution in [0.15, 0.2) is 12.1 Å². The van der Waals surface area contributed by atoms with E-state index in [0.717, 1.165) is 30.5 Å². The van der Waals surface area contributed by atoms with Crippen LogP contribution in [0, 0.1) is 11.7 Å². The number of hydrogen-bond donors (Lipinski definition) is 3. The van der Waals surface area contributed by atoms with Crippen molar-refractivity contribution in [3.05, 3.63) is 29.1 Å². The maximum atomic E-state index is 14.6. The van der Waals surface area contributed by atoms with E-state index >= 15 is 0 Å². The second kappa shape index (κ2) is 6.21. The second-order valence-electron chi connectivity index (χ2n) is 7.09. The van der Waals surface area contributed by atoms with Crippen LogP contribution < -0.4 is 16.0 Å². The highest BCUT2D eigenvalue weighted by Crippen LogP contribution is 2.33. The van der Waals surface area contributed by atoms with Gasteiger partial charge >= 0.3 is 0 Å². The van der Waals surface area contributed by atoms with Gasteiger partial charge in [0, 0.05) is 12.6 Å². The average Bonchev–Trinajstić information content (AvgIpc) is 3.02. The molecule has 5 heteroatoms. The molecule has 1 amide bonds. The number of carbonyl (C=O) groups excluding carboxylic acids is 1. The fourth-order valence-electron chi connectivity index (χ4n) is 4.37. The summed E-state index contributed by atoms with van der Waals surface area (Å²) in [5.41, 5.74) is 2.07. The minimum Gasteiger partial charge on any atom is -0.322 e. The lowest BCUT2D eigenvalue weighted by molar-refractivity contribution is -0.117. The van der Waals surface area contributed by atoms with Gasteiger partial charge in [0.15, 0.2) is 0 Å². The lowest BCUT2D eigenvalue weighted by Gasteiger charge is -2.24. The Morgan fingerprint density at radius 1 is 1.26 bits per heavy atom. The maximum Gasteiger partial charge on any atom is 0.241 e. The second-order valence-corrected chi connectivity index (χ2v) is 7.09. The van der Waals surface area contributed by atoms with Crippen LogP contribution in [0.1, 0.15) is 43.2 Å². The topological polar surface area (TPSA) is 53.2 Å². The monoisotopic (exact) mass is 317 g/mol. The van der Waals surface area contributed by atoms with Crippen LogP contribution in [0.5, 0.6) is 0 Å². The first-order chi connectivity index (χ1) is 11.2. The van der Waals surface area contributed by atoms with E-state index in [1.54, 1.807) is 6.07 Å². The van der Waals surface area contributed by atoms with Crippen molar-refractivity contribution in [1.82, 2.24) is 10.6 Å². The predicted molar refractivity (Wildman–Crippen MR) is 87.7 cm³/mol. The molecule has 3 unspecified atom stereocenters.